The van der Waals surface area contributed by atoms with Crippen LogP contribution in [0.3, 0.4) is 0 Å². The van der Waals surface area contributed by atoms with Crippen molar-refractivity contribution < 1.29 is 14.3 Å². The number of aliphatic carboxylic acids is 1. The van der Waals surface area contributed by atoms with Crippen LogP contribution in [0.1, 0.15) is 17.9 Å². The highest BCUT2D eigenvalue weighted by Gasteiger charge is 2.11. The van der Waals surface area contributed by atoms with Gasteiger partial charge in [0.15, 0.2) is 0 Å². The molecule has 0 amide bonds. The van der Waals surface area contributed by atoms with Gasteiger partial charge in [-0.05, 0) is 17.7 Å². The smallest absolute Gasteiger partial charge is 0.304 e. The van der Waals surface area contributed by atoms with Gasteiger partial charge in [0.25, 0.3) is 0 Å². The third kappa shape index (κ3) is 2.69. The van der Waals surface area contributed by atoms with Crippen molar-refractivity contribution in [2.45, 2.75) is 12.3 Å². The van der Waals surface area contributed by atoms with Gasteiger partial charge in [-0.3, -0.25) is 4.79 Å². The van der Waals surface area contributed by atoms with Gasteiger partial charge < -0.3 is 5.11 Å². The van der Waals surface area contributed by atoms with Crippen LogP contribution < -0.4 is 0 Å². The summed E-state index contributed by atoms with van der Waals surface area (Å²) in [6, 6.07) is 5.77. The first-order valence-corrected chi connectivity index (χ1v) is 4.23. The lowest BCUT2D eigenvalue weighted by Crippen LogP contribution is -2.03. The molecule has 1 N–H and O–H groups in total. The minimum atomic E-state index is -0.890. The average molecular weight is 194 g/mol. The van der Waals surface area contributed by atoms with Gasteiger partial charge in [-0.15, -0.1) is 6.58 Å². The normalized spacial score (nSPS) is 12.1. The lowest BCUT2D eigenvalue weighted by molar-refractivity contribution is -0.137. The number of halogens is 1. The van der Waals surface area contributed by atoms with Crippen molar-refractivity contribution in [2.24, 2.45) is 0 Å². The zero-order chi connectivity index (χ0) is 10.6. The summed E-state index contributed by atoms with van der Waals surface area (Å²) in [6.07, 6.45) is 1.54. The minimum Gasteiger partial charge on any atom is -0.481 e. The monoisotopic (exact) mass is 194 g/mol. The van der Waals surface area contributed by atoms with Crippen LogP contribution in [-0.4, -0.2) is 11.1 Å². The highest BCUT2D eigenvalue weighted by Crippen LogP contribution is 2.20. The molecule has 0 saturated carbocycles. The van der Waals surface area contributed by atoms with Crippen LogP contribution in [0.25, 0.3) is 0 Å². The van der Waals surface area contributed by atoms with E-state index in [-0.39, 0.29) is 18.2 Å². The predicted octanol–water partition coefficient (Wildman–Crippen LogP) is 2.57. The quantitative estimate of drug-likeness (QED) is 0.748. The number of rotatable bonds is 4. The molecule has 1 atom stereocenters. The van der Waals surface area contributed by atoms with Gasteiger partial charge in [-0.1, -0.05) is 18.2 Å². The van der Waals surface area contributed by atoms with Crippen LogP contribution in [0.15, 0.2) is 36.9 Å². The highest BCUT2D eigenvalue weighted by molar-refractivity contribution is 5.68. The Morgan fingerprint density at radius 3 is 2.50 bits per heavy atom. The molecular formula is C11H11FO2. The van der Waals surface area contributed by atoms with Gasteiger partial charge in [0, 0.05) is 5.92 Å². The fourth-order valence-electron chi connectivity index (χ4n) is 1.24. The molecule has 0 heterocycles. The Labute approximate surface area is 81.7 Å². The molecule has 0 aliphatic heterocycles. The SMILES string of the molecule is C=CC(CC(=O)O)c1ccc(F)cc1. The van der Waals surface area contributed by atoms with Crippen LogP contribution >= 0.6 is 0 Å². The van der Waals surface area contributed by atoms with Crippen molar-refractivity contribution in [3.05, 3.63) is 48.3 Å². The third-order valence-electron chi connectivity index (χ3n) is 1.98. The number of allylic oxidation sites excluding steroid dienone is 1. The van der Waals surface area contributed by atoms with E-state index in [4.69, 9.17) is 5.11 Å². The fourth-order valence-corrected chi connectivity index (χ4v) is 1.24. The standard InChI is InChI=1S/C11H11FO2/c1-2-8(7-11(13)14)9-3-5-10(12)6-4-9/h2-6,8H,1,7H2,(H,13,14). The van der Waals surface area contributed by atoms with Gasteiger partial charge in [0.1, 0.15) is 5.82 Å². The van der Waals surface area contributed by atoms with Crippen molar-refractivity contribution in [2.75, 3.05) is 0 Å². The van der Waals surface area contributed by atoms with Gasteiger partial charge >= 0.3 is 5.97 Å². The van der Waals surface area contributed by atoms with Gasteiger partial charge in [-0.25, -0.2) is 4.39 Å². The molecule has 0 aliphatic carbocycles. The lowest BCUT2D eigenvalue weighted by Gasteiger charge is -2.09. The topological polar surface area (TPSA) is 37.3 Å². The van der Waals surface area contributed by atoms with Crippen molar-refractivity contribution in [1.82, 2.24) is 0 Å². The summed E-state index contributed by atoms with van der Waals surface area (Å²) < 4.78 is 12.6. The maximum absolute atomic E-state index is 12.6. The molecule has 14 heavy (non-hydrogen) atoms. The second-order valence-electron chi connectivity index (χ2n) is 2.99. The van der Waals surface area contributed by atoms with E-state index >= 15 is 0 Å². The molecule has 1 rings (SSSR count). The van der Waals surface area contributed by atoms with Crippen LogP contribution in [0.4, 0.5) is 4.39 Å². The number of carboxylic acid groups (broad SMARTS) is 1. The summed E-state index contributed by atoms with van der Waals surface area (Å²) in [5.74, 6) is -1.47. The average Bonchev–Trinajstić information content (AvgIpc) is 2.15. The van der Waals surface area contributed by atoms with Crippen LogP contribution in [0.5, 0.6) is 0 Å². The molecule has 74 valence electrons. The first kappa shape index (κ1) is 10.4. The summed E-state index contributed by atoms with van der Waals surface area (Å²) in [5.41, 5.74) is 0.767. The van der Waals surface area contributed by atoms with Gasteiger partial charge in [0.05, 0.1) is 6.42 Å². The number of carboxylic acids is 1. The van der Waals surface area contributed by atoms with E-state index in [9.17, 15) is 9.18 Å². The summed E-state index contributed by atoms with van der Waals surface area (Å²) in [6.45, 7) is 3.56. The number of hydrogen-bond acceptors (Lipinski definition) is 1. The first-order valence-electron chi connectivity index (χ1n) is 4.23. The van der Waals surface area contributed by atoms with Crippen LogP contribution in [-0.2, 0) is 4.79 Å². The molecule has 1 unspecified atom stereocenters. The zero-order valence-corrected chi connectivity index (χ0v) is 7.61. The maximum Gasteiger partial charge on any atom is 0.304 e. The van der Waals surface area contributed by atoms with E-state index in [0.717, 1.165) is 5.56 Å². The molecule has 2 nitrogen and oxygen atoms in total. The maximum atomic E-state index is 12.6. The summed E-state index contributed by atoms with van der Waals surface area (Å²) in [5, 5.41) is 8.61. The Morgan fingerprint density at radius 2 is 2.07 bits per heavy atom. The zero-order valence-electron chi connectivity index (χ0n) is 7.61. The van der Waals surface area contributed by atoms with E-state index in [0.29, 0.717) is 0 Å². The number of carbonyl (C=O) groups is 1. The molecule has 1 aromatic carbocycles. The molecule has 0 aromatic heterocycles. The lowest BCUT2D eigenvalue weighted by atomic mass is 9.96. The summed E-state index contributed by atoms with van der Waals surface area (Å²) in [4.78, 5) is 10.5. The molecule has 0 spiro atoms. The van der Waals surface area contributed by atoms with E-state index < -0.39 is 5.97 Å². The van der Waals surface area contributed by atoms with Crippen molar-refractivity contribution in [3.8, 4) is 0 Å². The second kappa shape index (κ2) is 4.56. The van der Waals surface area contributed by atoms with Crippen LogP contribution in [0.2, 0.25) is 0 Å². The molecule has 0 radical (unpaired) electrons. The minimum absolute atomic E-state index is 0.0187. The van der Waals surface area contributed by atoms with E-state index in [1.165, 1.54) is 12.1 Å². The highest BCUT2D eigenvalue weighted by atomic mass is 19.1. The predicted molar refractivity (Wildman–Crippen MR) is 51.6 cm³/mol. The molecule has 0 saturated heterocycles. The first-order chi connectivity index (χ1) is 6.63. The fraction of sp³-hybridized carbons (Fsp3) is 0.182. The molecular weight excluding hydrogens is 183 g/mol. The molecule has 0 aliphatic rings. The summed E-state index contributed by atoms with van der Waals surface area (Å²) >= 11 is 0. The largest absolute Gasteiger partial charge is 0.481 e. The molecule has 0 fully saturated rings. The second-order valence-corrected chi connectivity index (χ2v) is 2.99. The molecule has 1 aromatic rings. The summed E-state index contributed by atoms with van der Waals surface area (Å²) in [7, 11) is 0. The van der Waals surface area contributed by atoms with Gasteiger partial charge in [0.2, 0.25) is 0 Å². The van der Waals surface area contributed by atoms with Crippen molar-refractivity contribution in [1.29, 1.82) is 0 Å². The van der Waals surface area contributed by atoms with Gasteiger partial charge in [-0.2, -0.15) is 0 Å². The molecule has 3 heteroatoms. The van der Waals surface area contributed by atoms with E-state index in [2.05, 4.69) is 6.58 Å². The van der Waals surface area contributed by atoms with E-state index in [1.54, 1.807) is 18.2 Å². The Hall–Kier alpha value is -1.64. The molecule has 0 bridgehead atoms. The Kier molecular flexibility index (Phi) is 3.40. The van der Waals surface area contributed by atoms with Crippen LogP contribution in [0, 0.1) is 5.82 Å². The number of hydrogen-bond donors (Lipinski definition) is 1. The van der Waals surface area contributed by atoms with E-state index in [1.807, 2.05) is 0 Å². The van der Waals surface area contributed by atoms with Crippen molar-refractivity contribution in [3.63, 3.8) is 0 Å². The number of benzene rings is 1. The Balaban J connectivity index is 2.84. The Bertz CT molecular complexity index is 330. The third-order valence-corrected chi connectivity index (χ3v) is 1.98. The Morgan fingerprint density at radius 1 is 1.50 bits per heavy atom. The van der Waals surface area contributed by atoms with Crippen molar-refractivity contribution >= 4 is 5.97 Å².